The van der Waals surface area contributed by atoms with Crippen LogP contribution in [0.3, 0.4) is 0 Å². The van der Waals surface area contributed by atoms with Gasteiger partial charge < -0.3 is 5.32 Å². The SMILES string of the molecule is CC(=O)Nc1cccc2c1ccc1nsnc12. The molecule has 1 N–H and O–H groups in total. The summed E-state index contributed by atoms with van der Waals surface area (Å²) >= 11 is 1.20. The van der Waals surface area contributed by atoms with Crippen LogP contribution in [-0.4, -0.2) is 14.7 Å². The minimum absolute atomic E-state index is 0.0750. The van der Waals surface area contributed by atoms with Gasteiger partial charge in [-0.1, -0.05) is 12.1 Å². The van der Waals surface area contributed by atoms with E-state index in [2.05, 4.69) is 14.1 Å². The second-order valence-corrected chi connectivity index (χ2v) is 4.31. The monoisotopic (exact) mass is 243 g/mol. The van der Waals surface area contributed by atoms with Gasteiger partial charge in [0, 0.05) is 23.4 Å². The van der Waals surface area contributed by atoms with Crippen molar-refractivity contribution in [3.05, 3.63) is 30.3 Å². The maximum Gasteiger partial charge on any atom is 0.221 e. The Morgan fingerprint density at radius 1 is 1.18 bits per heavy atom. The zero-order valence-electron chi connectivity index (χ0n) is 9.10. The van der Waals surface area contributed by atoms with Crippen LogP contribution >= 0.6 is 11.7 Å². The first-order valence-corrected chi connectivity index (χ1v) is 5.90. The molecule has 4 nitrogen and oxygen atoms in total. The topological polar surface area (TPSA) is 54.9 Å². The number of amides is 1. The fourth-order valence-corrected chi connectivity index (χ4v) is 2.45. The normalized spacial score (nSPS) is 10.9. The molecule has 5 heteroatoms. The van der Waals surface area contributed by atoms with E-state index in [1.807, 2.05) is 30.3 Å². The summed E-state index contributed by atoms with van der Waals surface area (Å²) < 4.78 is 8.49. The number of aromatic nitrogens is 2. The van der Waals surface area contributed by atoms with E-state index in [0.29, 0.717) is 0 Å². The molecule has 0 saturated carbocycles. The summed E-state index contributed by atoms with van der Waals surface area (Å²) in [6, 6.07) is 9.67. The third-order valence-corrected chi connectivity index (χ3v) is 3.14. The summed E-state index contributed by atoms with van der Waals surface area (Å²) in [6.07, 6.45) is 0. The highest BCUT2D eigenvalue weighted by Gasteiger charge is 2.07. The molecule has 0 aliphatic rings. The number of carbonyl (C=O) groups is 1. The maximum atomic E-state index is 11.1. The van der Waals surface area contributed by atoms with Crippen molar-refractivity contribution in [3.63, 3.8) is 0 Å². The van der Waals surface area contributed by atoms with Crippen molar-refractivity contribution in [2.45, 2.75) is 6.92 Å². The number of hydrogen-bond donors (Lipinski definition) is 1. The van der Waals surface area contributed by atoms with Gasteiger partial charge in [-0.05, 0) is 18.2 Å². The highest BCUT2D eigenvalue weighted by atomic mass is 32.1. The largest absolute Gasteiger partial charge is 0.326 e. The van der Waals surface area contributed by atoms with E-state index in [1.54, 1.807) is 0 Å². The molecule has 0 bridgehead atoms. The lowest BCUT2D eigenvalue weighted by atomic mass is 10.1. The van der Waals surface area contributed by atoms with Gasteiger partial charge in [-0.3, -0.25) is 4.79 Å². The number of carbonyl (C=O) groups excluding carboxylic acids is 1. The van der Waals surface area contributed by atoms with Gasteiger partial charge in [-0.15, -0.1) is 0 Å². The van der Waals surface area contributed by atoms with Crippen LogP contribution in [0, 0.1) is 0 Å². The molecule has 0 fully saturated rings. The molecule has 2 aromatic carbocycles. The van der Waals surface area contributed by atoms with Gasteiger partial charge in [0.05, 0.1) is 11.7 Å². The lowest BCUT2D eigenvalue weighted by molar-refractivity contribution is -0.114. The second-order valence-electron chi connectivity index (χ2n) is 3.78. The molecule has 0 spiro atoms. The molecule has 0 saturated heterocycles. The third-order valence-electron chi connectivity index (χ3n) is 2.59. The van der Waals surface area contributed by atoms with Crippen LogP contribution in [-0.2, 0) is 4.79 Å². The van der Waals surface area contributed by atoms with E-state index < -0.39 is 0 Å². The molecule has 0 radical (unpaired) electrons. The van der Waals surface area contributed by atoms with E-state index >= 15 is 0 Å². The summed E-state index contributed by atoms with van der Waals surface area (Å²) in [5, 5.41) is 4.83. The Labute approximate surface area is 102 Å². The Morgan fingerprint density at radius 2 is 2.06 bits per heavy atom. The second kappa shape index (κ2) is 3.78. The van der Waals surface area contributed by atoms with Crippen molar-refractivity contribution in [3.8, 4) is 0 Å². The summed E-state index contributed by atoms with van der Waals surface area (Å²) in [4.78, 5) is 11.1. The van der Waals surface area contributed by atoms with Gasteiger partial charge in [0.2, 0.25) is 5.91 Å². The van der Waals surface area contributed by atoms with Crippen LogP contribution in [0.25, 0.3) is 21.8 Å². The Balaban J connectivity index is 2.35. The average Bonchev–Trinajstić information content (AvgIpc) is 2.76. The number of benzene rings is 2. The van der Waals surface area contributed by atoms with Gasteiger partial charge >= 0.3 is 0 Å². The lowest BCUT2D eigenvalue weighted by Crippen LogP contribution is -2.05. The van der Waals surface area contributed by atoms with Crippen LogP contribution in [0.15, 0.2) is 30.3 Å². The van der Waals surface area contributed by atoms with Crippen LogP contribution in [0.1, 0.15) is 6.92 Å². The van der Waals surface area contributed by atoms with Crippen molar-refractivity contribution >= 4 is 45.1 Å². The molecular formula is C12H9N3OS. The van der Waals surface area contributed by atoms with Gasteiger partial charge in [0.1, 0.15) is 11.0 Å². The Kier molecular flexibility index (Phi) is 2.26. The number of anilines is 1. The number of rotatable bonds is 1. The highest BCUT2D eigenvalue weighted by Crippen LogP contribution is 2.29. The first-order valence-electron chi connectivity index (χ1n) is 5.17. The number of hydrogen-bond acceptors (Lipinski definition) is 4. The molecule has 17 heavy (non-hydrogen) atoms. The van der Waals surface area contributed by atoms with Gasteiger partial charge in [-0.2, -0.15) is 8.75 Å². The van der Waals surface area contributed by atoms with Crippen molar-refractivity contribution in [2.24, 2.45) is 0 Å². The van der Waals surface area contributed by atoms with Crippen molar-refractivity contribution < 1.29 is 4.79 Å². The number of nitrogens with one attached hydrogen (secondary N) is 1. The predicted molar refractivity (Wildman–Crippen MR) is 69.2 cm³/mol. The van der Waals surface area contributed by atoms with Crippen LogP contribution < -0.4 is 5.32 Å². The predicted octanol–water partition coefficient (Wildman–Crippen LogP) is 2.80. The molecule has 1 aromatic heterocycles. The van der Waals surface area contributed by atoms with Gasteiger partial charge in [0.25, 0.3) is 0 Å². The number of fused-ring (bicyclic) bond motifs is 3. The standard InChI is InChI=1S/C12H9N3OS/c1-7(16)13-10-4-2-3-9-8(10)5-6-11-12(9)15-17-14-11/h2-6H,1H3,(H,13,16). The third kappa shape index (κ3) is 1.64. The summed E-state index contributed by atoms with van der Waals surface area (Å²) in [7, 11) is 0. The zero-order chi connectivity index (χ0) is 11.8. The Hall–Kier alpha value is -2.01. The summed E-state index contributed by atoms with van der Waals surface area (Å²) in [6.45, 7) is 1.50. The first kappa shape index (κ1) is 10.2. The first-order chi connectivity index (χ1) is 8.25. The van der Waals surface area contributed by atoms with Crippen LogP contribution in [0.2, 0.25) is 0 Å². The van der Waals surface area contributed by atoms with Crippen molar-refractivity contribution in [1.29, 1.82) is 0 Å². The smallest absolute Gasteiger partial charge is 0.221 e. The Morgan fingerprint density at radius 3 is 2.88 bits per heavy atom. The molecule has 1 heterocycles. The molecule has 0 aliphatic carbocycles. The van der Waals surface area contributed by atoms with Crippen LogP contribution in [0.4, 0.5) is 5.69 Å². The molecule has 0 unspecified atom stereocenters. The molecule has 1 amide bonds. The molecule has 3 rings (SSSR count). The van der Waals surface area contributed by atoms with E-state index in [4.69, 9.17) is 0 Å². The van der Waals surface area contributed by atoms with E-state index in [1.165, 1.54) is 18.7 Å². The Bertz CT molecular complexity index is 720. The lowest BCUT2D eigenvalue weighted by Gasteiger charge is -2.06. The van der Waals surface area contributed by atoms with Crippen molar-refractivity contribution in [1.82, 2.24) is 8.75 Å². The van der Waals surface area contributed by atoms with E-state index in [0.717, 1.165) is 27.5 Å². The molecule has 0 aliphatic heterocycles. The minimum atomic E-state index is -0.0750. The molecule has 84 valence electrons. The van der Waals surface area contributed by atoms with E-state index in [9.17, 15) is 4.79 Å². The fraction of sp³-hybridized carbons (Fsp3) is 0.0833. The van der Waals surface area contributed by atoms with Gasteiger partial charge in [-0.25, -0.2) is 0 Å². The van der Waals surface area contributed by atoms with E-state index in [-0.39, 0.29) is 5.91 Å². The quantitative estimate of drug-likeness (QED) is 0.715. The molecule has 0 atom stereocenters. The average molecular weight is 243 g/mol. The summed E-state index contributed by atoms with van der Waals surface area (Å²) in [5.41, 5.74) is 2.59. The maximum absolute atomic E-state index is 11.1. The molecular weight excluding hydrogens is 234 g/mol. The van der Waals surface area contributed by atoms with Crippen molar-refractivity contribution in [2.75, 3.05) is 5.32 Å². The van der Waals surface area contributed by atoms with Crippen LogP contribution in [0.5, 0.6) is 0 Å². The number of nitrogens with zero attached hydrogens (tertiary/aromatic N) is 2. The minimum Gasteiger partial charge on any atom is -0.326 e. The highest BCUT2D eigenvalue weighted by molar-refractivity contribution is 7.00. The molecule has 3 aromatic rings. The fourth-order valence-electron chi connectivity index (χ4n) is 1.90. The summed E-state index contributed by atoms with van der Waals surface area (Å²) in [5.74, 6) is -0.0750. The van der Waals surface area contributed by atoms with Gasteiger partial charge in [0.15, 0.2) is 0 Å². The zero-order valence-corrected chi connectivity index (χ0v) is 9.91.